The molecular weight excluding hydrogens is 306 g/mol. The summed E-state index contributed by atoms with van der Waals surface area (Å²) in [5.41, 5.74) is 1.19. The fourth-order valence-corrected chi connectivity index (χ4v) is 4.67. The average Bonchev–Trinajstić information content (AvgIpc) is 2.95. The van der Waals surface area contributed by atoms with E-state index in [0.717, 1.165) is 12.8 Å². The predicted molar refractivity (Wildman–Crippen MR) is 84.8 cm³/mol. The van der Waals surface area contributed by atoms with Gasteiger partial charge in [-0.15, -0.1) is 11.3 Å². The first-order chi connectivity index (χ1) is 10.0. The zero-order chi connectivity index (χ0) is 15.3. The molecule has 21 heavy (non-hydrogen) atoms. The zero-order valence-electron chi connectivity index (χ0n) is 11.8. The Labute approximate surface area is 129 Å². The van der Waals surface area contributed by atoms with Gasteiger partial charge in [-0.2, -0.15) is 0 Å². The molecule has 114 valence electrons. The van der Waals surface area contributed by atoms with Crippen LogP contribution in [0.5, 0.6) is 0 Å². The Morgan fingerprint density at radius 3 is 2.62 bits per heavy atom. The molecule has 2 aromatic rings. The van der Waals surface area contributed by atoms with E-state index in [4.69, 9.17) is 0 Å². The highest BCUT2D eigenvalue weighted by molar-refractivity contribution is 7.89. The smallest absolute Gasteiger partial charge is 0.242 e. The molecule has 0 bridgehead atoms. The number of aliphatic hydroxyl groups excluding tert-OH is 1. The molecule has 1 atom stereocenters. The Kier molecular flexibility index (Phi) is 5.52. The van der Waals surface area contributed by atoms with Crippen molar-refractivity contribution in [3.63, 3.8) is 0 Å². The van der Waals surface area contributed by atoms with E-state index >= 15 is 0 Å². The molecule has 0 spiro atoms. The molecule has 0 saturated heterocycles. The Morgan fingerprint density at radius 1 is 1.24 bits per heavy atom. The van der Waals surface area contributed by atoms with E-state index in [1.807, 2.05) is 37.3 Å². The van der Waals surface area contributed by atoms with E-state index in [-0.39, 0.29) is 17.5 Å². The van der Waals surface area contributed by atoms with Gasteiger partial charge >= 0.3 is 0 Å². The molecule has 0 aliphatic carbocycles. The zero-order valence-corrected chi connectivity index (χ0v) is 13.5. The van der Waals surface area contributed by atoms with Crippen molar-refractivity contribution in [2.75, 3.05) is 0 Å². The number of thiophene rings is 1. The summed E-state index contributed by atoms with van der Waals surface area (Å²) < 4.78 is 27.2. The van der Waals surface area contributed by atoms with Crippen molar-refractivity contribution in [1.29, 1.82) is 0 Å². The van der Waals surface area contributed by atoms with Gasteiger partial charge in [0.15, 0.2) is 0 Å². The average molecular weight is 325 g/mol. The summed E-state index contributed by atoms with van der Waals surface area (Å²) in [5, 5.41) is 10.9. The topological polar surface area (TPSA) is 66.4 Å². The van der Waals surface area contributed by atoms with Crippen molar-refractivity contribution in [3.8, 4) is 0 Å². The standard InChI is InChI=1S/C15H19NO3S2/c1-12(7-8-13-5-3-2-4-6-13)16-21(18,19)15-9-10-20-14(15)11-17/h2-6,9-10,12,16-17H,7-8,11H2,1H3. The summed E-state index contributed by atoms with van der Waals surface area (Å²) in [6, 6.07) is 11.3. The number of aliphatic hydroxyl groups is 1. The molecule has 0 fully saturated rings. The fourth-order valence-electron chi connectivity index (χ4n) is 2.10. The van der Waals surface area contributed by atoms with Gasteiger partial charge in [0.25, 0.3) is 0 Å². The molecule has 6 heteroatoms. The van der Waals surface area contributed by atoms with E-state index in [1.54, 1.807) is 5.38 Å². The third-order valence-electron chi connectivity index (χ3n) is 3.20. The van der Waals surface area contributed by atoms with Crippen LogP contribution < -0.4 is 4.72 Å². The summed E-state index contributed by atoms with van der Waals surface area (Å²) in [6.45, 7) is 1.60. The first-order valence-corrected chi connectivity index (χ1v) is 9.12. The molecule has 4 nitrogen and oxygen atoms in total. The lowest BCUT2D eigenvalue weighted by molar-refractivity contribution is 0.282. The second kappa shape index (κ2) is 7.17. The van der Waals surface area contributed by atoms with Crippen LogP contribution in [-0.4, -0.2) is 19.6 Å². The van der Waals surface area contributed by atoms with Crippen LogP contribution in [0.15, 0.2) is 46.7 Å². The normalized spacial score (nSPS) is 13.2. The number of nitrogens with one attached hydrogen (secondary N) is 1. The Hall–Kier alpha value is -1.21. The largest absolute Gasteiger partial charge is 0.391 e. The minimum Gasteiger partial charge on any atom is -0.391 e. The second-order valence-corrected chi connectivity index (χ2v) is 7.60. The van der Waals surface area contributed by atoms with Crippen molar-refractivity contribution < 1.29 is 13.5 Å². The van der Waals surface area contributed by atoms with Crippen LogP contribution in [0.2, 0.25) is 0 Å². The number of aryl methyl sites for hydroxylation is 1. The maximum Gasteiger partial charge on any atom is 0.242 e. The van der Waals surface area contributed by atoms with Crippen LogP contribution >= 0.6 is 11.3 Å². The number of rotatable bonds is 7. The van der Waals surface area contributed by atoms with E-state index in [0.29, 0.717) is 4.88 Å². The van der Waals surface area contributed by atoms with Crippen LogP contribution in [0.4, 0.5) is 0 Å². The van der Waals surface area contributed by atoms with Gasteiger partial charge in [0.05, 0.1) is 11.5 Å². The van der Waals surface area contributed by atoms with Crippen LogP contribution in [0, 0.1) is 0 Å². The third-order valence-corrected chi connectivity index (χ3v) is 5.91. The Balaban J connectivity index is 1.97. The maximum atomic E-state index is 12.3. The first-order valence-electron chi connectivity index (χ1n) is 6.76. The Bertz CT molecular complexity index is 665. The molecule has 1 unspecified atom stereocenters. The summed E-state index contributed by atoms with van der Waals surface area (Å²) in [7, 11) is -3.56. The van der Waals surface area contributed by atoms with Crippen molar-refractivity contribution in [3.05, 3.63) is 52.2 Å². The van der Waals surface area contributed by atoms with E-state index in [2.05, 4.69) is 4.72 Å². The predicted octanol–water partition coefficient (Wildman–Crippen LogP) is 2.54. The van der Waals surface area contributed by atoms with Gasteiger partial charge in [0.2, 0.25) is 10.0 Å². The highest BCUT2D eigenvalue weighted by atomic mass is 32.2. The molecule has 1 aromatic carbocycles. The van der Waals surface area contributed by atoms with Crippen molar-refractivity contribution in [1.82, 2.24) is 4.72 Å². The van der Waals surface area contributed by atoms with Gasteiger partial charge in [-0.1, -0.05) is 30.3 Å². The summed E-state index contributed by atoms with van der Waals surface area (Å²) in [6.07, 6.45) is 1.54. The molecule has 0 saturated carbocycles. The third kappa shape index (κ3) is 4.38. The highest BCUT2D eigenvalue weighted by Crippen LogP contribution is 2.22. The summed E-state index contributed by atoms with van der Waals surface area (Å²) in [5.74, 6) is 0. The van der Waals surface area contributed by atoms with Gasteiger partial charge in [0, 0.05) is 10.9 Å². The minimum atomic E-state index is -3.56. The van der Waals surface area contributed by atoms with Gasteiger partial charge < -0.3 is 5.11 Å². The molecule has 1 heterocycles. The minimum absolute atomic E-state index is 0.165. The van der Waals surface area contributed by atoms with Crippen molar-refractivity contribution >= 4 is 21.4 Å². The van der Waals surface area contributed by atoms with E-state index in [9.17, 15) is 13.5 Å². The highest BCUT2D eigenvalue weighted by Gasteiger charge is 2.21. The summed E-state index contributed by atoms with van der Waals surface area (Å²) >= 11 is 1.24. The maximum absolute atomic E-state index is 12.3. The van der Waals surface area contributed by atoms with Crippen LogP contribution in [-0.2, 0) is 23.1 Å². The molecule has 2 rings (SSSR count). The molecule has 1 aromatic heterocycles. The molecule has 0 radical (unpaired) electrons. The van der Waals surface area contributed by atoms with Gasteiger partial charge in [0.1, 0.15) is 0 Å². The number of benzene rings is 1. The van der Waals surface area contributed by atoms with E-state index < -0.39 is 10.0 Å². The van der Waals surface area contributed by atoms with Gasteiger partial charge in [-0.3, -0.25) is 0 Å². The monoisotopic (exact) mass is 325 g/mol. The lowest BCUT2D eigenvalue weighted by Gasteiger charge is -2.14. The van der Waals surface area contributed by atoms with Crippen LogP contribution in [0.25, 0.3) is 0 Å². The lowest BCUT2D eigenvalue weighted by Crippen LogP contribution is -2.33. The van der Waals surface area contributed by atoms with Crippen molar-refractivity contribution in [2.24, 2.45) is 0 Å². The first kappa shape index (κ1) is 16.2. The fraction of sp³-hybridized carbons (Fsp3) is 0.333. The van der Waals surface area contributed by atoms with Crippen LogP contribution in [0.1, 0.15) is 23.8 Å². The molecule has 0 amide bonds. The number of sulfonamides is 1. The van der Waals surface area contributed by atoms with Crippen molar-refractivity contribution in [2.45, 2.75) is 37.3 Å². The SMILES string of the molecule is CC(CCc1ccccc1)NS(=O)(=O)c1ccsc1CO. The second-order valence-electron chi connectivity index (χ2n) is 4.91. The quantitative estimate of drug-likeness (QED) is 0.822. The van der Waals surface area contributed by atoms with E-state index in [1.165, 1.54) is 23.0 Å². The number of hydrogen-bond acceptors (Lipinski definition) is 4. The van der Waals surface area contributed by atoms with Gasteiger partial charge in [-0.25, -0.2) is 13.1 Å². The molecule has 0 aliphatic rings. The number of hydrogen-bond donors (Lipinski definition) is 2. The lowest BCUT2D eigenvalue weighted by atomic mass is 10.1. The molecule has 2 N–H and O–H groups in total. The van der Waals surface area contributed by atoms with Gasteiger partial charge in [-0.05, 0) is 36.8 Å². The summed E-state index contributed by atoms with van der Waals surface area (Å²) in [4.78, 5) is 0.652. The molecule has 0 aliphatic heterocycles. The molecular formula is C15H19NO3S2. The van der Waals surface area contributed by atoms with Crippen LogP contribution in [0.3, 0.4) is 0 Å². The Morgan fingerprint density at radius 2 is 1.95 bits per heavy atom.